The number of aromatic amines is 1. The van der Waals surface area contributed by atoms with Gasteiger partial charge < -0.3 is 24.8 Å². The number of ether oxygens (including phenoxy) is 1. The second-order valence-corrected chi connectivity index (χ2v) is 11.2. The van der Waals surface area contributed by atoms with Crippen molar-refractivity contribution in [3.05, 3.63) is 63.7 Å². The van der Waals surface area contributed by atoms with Gasteiger partial charge in [0.05, 0.1) is 29.1 Å². The lowest BCUT2D eigenvalue weighted by molar-refractivity contribution is -0.146. The number of rotatable bonds is 5. The van der Waals surface area contributed by atoms with Gasteiger partial charge in [-0.3, -0.25) is 4.79 Å². The van der Waals surface area contributed by atoms with Crippen LogP contribution in [0.1, 0.15) is 50.4 Å². The topological polar surface area (TPSA) is 109 Å². The maximum absolute atomic E-state index is 13.2. The maximum atomic E-state index is 13.2. The monoisotopic (exact) mass is 538 g/mol. The van der Waals surface area contributed by atoms with Crippen LogP contribution < -0.4 is 10.6 Å². The zero-order chi connectivity index (χ0) is 25.9. The molecule has 0 radical (unpaired) electrons. The van der Waals surface area contributed by atoms with Crippen LogP contribution in [0.5, 0.6) is 0 Å². The van der Waals surface area contributed by atoms with Crippen LogP contribution in [-0.4, -0.2) is 39.9 Å². The lowest BCUT2D eigenvalue weighted by Gasteiger charge is -2.44. The van der Waals surface area contributed by atoms with Gasteiger partial charge in [0, 0.05) is 22.7 Å². The van der Waals surface area contributed by atoms with Gasteiger partial charge in [0.25, 0.3) is 0 Å². The summed E-state index contributed by atoms with van der Waals surface area (Å²) in [6.45, 7) is 6.03. The molecule has 3 N–H and O–H groups in total. The van der Waals surface area contributed by atoms with E-state index in [-0.39, 0.29) is 11.8 Å². The SMILES string of the molecule is CCOC(=O)C1NC=C2C(c3ccc(Sc4nc5cc(Cl)c(C)cc5[nH]4)o3)C3=C(CCCC3=O)NC21C. The number of aromatic nitrogens is 2. The number of aryl methyl sites for hydroxylation is 1. The number of hydrogen-bond acceptors (Lipinski definition) is 8. The average molecular weight is 539 g/mol. The molecule has 3 unspecified atom stereocenters. The van der Waals surface area contributed by atoms with Crippen LogP contribution in [0.3, 0.4) is 0 Å². The largest absolute Gasteiger partial charge is 0.464 e. The van der Waals surface area contributed by atoms with Gasteiger partial charge in [0.15, 0.2) is 22.1 Å². The number of ketones is 1. The molecule has 1 aliphatic carbocycles. The van der Waals surface area contributed by atoms with Crippen molar-refractivity contribution in [3.63, 3.8) is 0 Å². The van der Waals surface area contributed by atoms with Crippen molar-refractivity contribution in [1.29, 1.82) is 0 Å². The van der Waals surface area contributed by atoms with Gasteiger partial charge in [-0.25, -0.2) is 9.78 Å². The highest BCUT2D eigenvalue weighted by Crippen LogP contribution is 2.49. The molecule has 3 atom stereocenters. The average Bonchev–Trinajstić information content (AvgIpc) is 3.55. The summed E-state index contributed by atoms with van der Waals surface area (Å²) in [5.74, 6) is 0.0408. The van der Waals surface area contributed by atoms with Crippen molar-refractivity contribution < 1.29 is 18.7 Å². The molecule has 1 aromatic carbocycles. The summed E-state index contributed by atoms with van der Waals surface area (Å²) in [4.78, 5) is 33.9. The summed E-state index contributed by atoms with van der Waals surface area (Å²) in [5, 5.41) is 8.75. The Bertz CT molecular complexity index is 1470. The third kappa shape index (κ3) is 3.95. The Morgan fingerprint density at radius 3 is 2.97 bits per heavy atom. The Balaban J connectivity index is 1.36. The molecule has 3 aliphatic rings. The lowest BCUT2D eigenvalue weighted by Crippen LogP contribution is -2.60. The molecule has 2 aliphatic heterocycles. The van der Waals surface area contributed by atoms with Gasteiger partial charge in [-0.05, 0) is 87.0 Å². The molecular formula is C27H27ClN4O4S. The van der Waals surface area contributed by atoms with E-state index in [4.69, 9.17) is 20.8 Å². The molecule has 37 heavy (non-hydrogen) atoms. The Morgan fingerprint density at radius 2 is 2.16 bits per heavy atom. The molecule has 0 amide bonds. The van der Waals surface area contributed by atoms with Crippen molar-refractivity contribution in [3.8, 4) is 0 Å². The van der Waals surface area contributed by atoms with Crippen molar-refractivity contribution in [2.75, 3.05) is 6.61 Å². The number of H-pyrrole nitrogens is 1. The number of Topliss-reactive ketones (excluding diaryl/α,β-unsaturated/α-hetero) is 1. The first kappa shape index (κ1) is 24.2. The number of imidazole rings is 1. The van der Waals surface area contributed by atoms with E-state index < -0.39 is 17.5 Å². The van der Waals surface area contributed by atoms with Crippen molar-refractivity contribution in [2.45, 2.75) is 67.8 Å². The zero-order valence-electron chi connectivity index (χ0n) is 20.7. The number of allylic oxidation sites excluding steroid dienone is 2. The minimum absolute atomic E-state index is 0.108. The second-order valence-electron chi connectivity index (χ2n) is 9.80. The summed E-state index contributed by atoms with van der Waals surface area (Å²) >= 11 is 7.64. The predicted octanol–water partition coefficient (Wildman–Crippen LogP) is 5.14. The number of hydrogen-bond donors (Lipinski definition) is 3. The third-order valence-corrected chi connectivity index (χ3v) is 8.61. The number of fused-ring (bicyclic) bond motifs is 2. The van der Waals surface area contributed by atoms with Crippen molar-refractivity contribution in [1.82, 2.24) is 20.6 Å². The molecule has 0 saturated heterocycles. The van der Waals surface area contributed by atoms with Gasteiger partial charge in [0.1, 0.15) is 5.76 Å². The summed E-state index contributed by atoms with van der Waals surface area (Å²) in [6.07, 6.45) is 3.86. The number of benzene rings is 1. The summed E-state index contributed by atoms with van der Waals surface area (Å²) in [6, 6.07) is 7.02. The van der Waals surface area contributed by atoms with E-state index in [1.54, 1.807) is 6.92 Å². The van der Waals surface area contributed by atoms with Crippen LogP contribution in [0.15, 0.2) is 62.0 Å². The van der Waals surface area contributed by atoms with Crippen molar-refractivity contribution in [2.24, 2.45) is 0 Å². The lowest BCUT2D eigenvalue weighted by atomic mass is 9.69. The van der Waals surface area contributed by atoms with Gasteiger partial charge in [0.2, 0.25) is 0 Å². The fourth-order valence-corrected chi connectivity index (χ4v) is 6.54. The van der Waals surface area contributed by atoms with Gasteiger partial charge in [-0.15, -0.1) is 0 Å². The Kier molecular flexibility index (Phi) is 5.88. The number of nitrogens with zero attached hydrogens (tertiary/aromatic N) is 1. The fraction of sp³-hybridized carbons (Fsp3) is 0.370. The zero-order valence-corrected chi connectivity index (χ0v) is 22.3. The minimum Gasteiger partial charge on any atom is -0.464 e. The first-order chi connectivity index (χ1) is 17.8. The molecular weight excluding hydrogens is 512 g/mol. The highest BCUT2D eigenvalue weighted by Gasteiger charge is 2.54. The molecule has 0 spiro atoms. The normalized spacial score (nSPS) is 24.9. The number of esters is 1. The number of carbonyl (C=O) groups is 2. The Morgan fingerprint density at radius 1 is 1.32 bits per heavy atom. The van der Waals surface area contributed by atoms with Crippen LogP contribution in [0, 0.1) is 6.92 Å². The number of halogens is 1. The van der Waals surface area contributed by atoms with Crippen LogP contribution in [0.4, 0.5) is 0 Å². The molecule has 192 valence electrons. The van der Waals surface area contributed by atoms with Crippen molar-refractivity contribution >= 4 is 46.1 Å². The standard InChI is InChI=1S/C27H27ClN4O4S/c1-4-35-25(34)24-27(3)14(12-29-24)22(23-16(32-27)6-5-7-19(23)33)20-8-9-21(36-20)37-26-30-17-10-13(2)15(28)11-18(17)31-26/h8-12,22,24,29,32H,4-7H2,1-3H3,(H,30,31). The number of nitrogens with one attached hydrogen (secondary N) is 3. The second kappa shape index (κ2) is 8.99. The molecule has 0 bridgehead atoms. The molecule has 10 heteroatoms. The van der Waals surface area contributed by atoms with Gasteiger partial charge >= 0.3 is 5.97 Å². The molecule has 0 saturated carbocycles. The van der Waals surface area contributed by atoms with E-state index in [0.29, 0.717) is 34.1 Å². The van der Waals surface area contributed by atoms with Crippen LogP contribution in [0.25, 0.3) is 11.0 Å². The summed E-state index contributed by atoms with van der Waals surface area (Å²) in [7, 11) is 0. The quantitative estimate of drug-likeness (QED) is 0.383. The summed E-state index contributed by atoms with van der Waals surface area (Å²) in [5.41, 5.74) is 4.41. The Hall–Kier alpha value is -3.17. The molecule has 6 rings (SSSR count). The van der Waals surface area contributed by atoms with Crippen LogP contribution >= 0.6 is 23.4 Å². The maximum Gasteiger partial charge on any atom is 0.331 e. The first-order valence-corrected chi connectivity index (χ1v) is 13.6. The molecule has 0 fully saturated rings. The fourth-order valence-electron chi connectivity index (χ4n) is 5.61. The molecule has 3 aromatic rings. The number of furan rings is 1. The van der Waals surface area contributed by atoms with E-state index >= 15 is 0 Å². The van der Waals surface area contributed by atoms with E-state index in [1.165, 1.54) is 11.8 Å². The highest BCUT2D eigenvalue weighted by molar-refractivity contribution is 7.99. The summed E-state index contributed by atoms with van der Waals surface area (Å²) < 4.78 is 11.7. The smallest absolute Gasteiger partial charge is 0.331 e. The number of carbonyl (C=O) groups excluding carboxylic acids is 2. The predicted molar refractivity (Wildman–Crippen MR) is 140 cm³/mol. The first-order valence-electron chi connectivity index (χ1n) is 12.4. The highest BCUT2D eigenvalue weighted by atomic mass is 35.5. The molecule has 2 aromatic heterocycles. The molecule has 8 nitrogen and oxygen atoms in total. The van der Waals surface area contributed by atoms with E-state index in [0.717, 1.165) is 46.3 Å². The minimum atomic E-state index is -0.747. The van der Waals surface area contributed by atoms with Gasteiger partial charge in [-0.2, -0.15) is 0 Å². The van der Waals surface area contributed by atoms with Crippen LogP contribution in [-0.2, 0) is 14.3 Å². The molecule has 4 heterocycles. The van der Waals surface area contributed by atoms with E-state index in [9.17, 15) is 9.59 Å². The van der Waals surface area contributed by atoms with E-state index in [2.05, 4.69) is 20.6 Å². The van der Waals surface area contributed by atoms with E-state index in [1.807, 2.05) is 44.3 Å². The van der Waals surface area contributed by atoms with Crippen LogP contribution in [0.2, 0.25) is 5.02 Å². The third-order valence-electron chi connectivity index (χ3n) is 7.40. The Labute approximate surface area is 223 Å². The van der Waals surface area contributed by atoms with Gasteiger partial charge in [-0.1, -0.05) is 11.6 Å².